The molecule has 1 nitrogen and oxygen atoms in total. The zero-order valence-electron chi connectivity index (χ0n) is 12.3. The Morgan fingerprint density at radius 2 is 2.16 bits per heavy atom. The highest BCUT2D eigenvalue weighted by molar-refractivity contribution is 7.16. The Hall–Kier alpha value is -0.0500. The Labute approximate surface area is 126 Å². The fourth-order valence-corrected chi connectivity index (χ4v) is 4.47. The van der Waals surface area contributed by atoms with E-state index in [1.165, 1.54) is 30.6 Å². The first kappa shape index (κ1) is 15.3. The van der Waals surface area contributed by atoms with E-state index in [4.69, 9.17) is 11.6 Å². The standard InChI is InChI=1S/C16H26ClNS/c1-4-12-5-6-13(10-18-11(2)3)14(9-12)15-7-8-16(17)19-15/h7-8,11-14,18H,4-6,9-10H2,1-3H3. The first-order valence-electron chi connectivity index (χ1n) is 7.58. The Morgan fingerprint density at radius 3 is 2.74 bits per heavy atom. The van der Waals surface area contributed by atoms with Gasteiger partial charge in [-0.3, -0.25) is 0 Å². The molecule has 0 aromatic carbocycles. The minimum absolute atomic E-state index is 0.580. The molecule has 0 amide bonds. The molecule has 1 aromatic heterocycles. The van der Waals surface area contributed by atoms with Crippen molar-refractivity contribution in [3.63, 3.8) is 0 Å². The second-order valence-corrected chi connectivity index (χ2v) is 7.91. The molecule has 0 saturated heterocycles. The van der Waals surface area contributed by atoms with Crippen molar-refractivity contribution < 1.29 is 0 Å². The van der Waals surface area contributed by atoms with Gasteiger partial charge in [0.25, 0.3) is 0 Å². The van der Waals surface area contributed by atoms with Crippen molar-refractivity contribution in [1.82, 2.24) is 5.32 Å². The molecule has 1 saturated carbocycles. The molecule has 0 bridgehead atoms. The van der Waals surface area contributed by atoms with Gasteiger partial charge in [0.1, 0.15) is 0 Å². The normalized spacial score (nSPS) is 27.9. The third-order valence-corrected chi connectivity index (χ3v) is 5.79. The molecule has 3 heteroatoms. The average molecular weight is 300 g/mol. The van der Waals surface area contributed by atoms with Crippen LogP contribution in [0.3, 0.4) is 0 Å². The molecule has 1 N–H and O–H groups in total. The fraction of sp³-hybridized carbons (Fsp3) is 0.750. The number of hydrogen-bond acceptors (Lipinski definition) is 2. The van der Waals surface area contributed by atoms with Crippen LogP contribution in [0.2, 0.25) is 4.34 Å². The van der Waals surface area contributed by atoms with Crippen LogP contribution in [0, 0.1) is 11.8 Å². The molecule has 108 valence electrons. The van der Waals surface area contributed by atoms with E-state index in [9.17, 15) is 0 Å². The molecular weight excluding hydrogens is 274 g/mol. The van der Waals surface area contributed by atoms with Gasteiger partial charge in [-0.05, 0) is 49.3 Å². The van der Waals surface area contributed by atoms with Gasteiger partial charge in [0.2, 0.25) is 0 Å². The lowest BCUT2D eigenvalue weighted by molar-refractivity contribution is 0.225. The first-order chi connectivity index (χ1) is 9.10. The van der Waals surface area contributed by atoms with Crippen LogP contribution < -0.4 is 5.32 Å². The van der Waals surface area contributed by atoms with Gasteiger partial charge in [0.05, 0.1) is 4.34 Å². The molecule has 1 fully saturated rings. The Kier molecular flexibility index (Phi) is 5.73. The van der Waals surface area contributed by atoms with Gasteiger partial charge >= 0.3 is 0 Å². The summed E-state index contributed by atoms with van der Waals surface area (Å²) < 4.78 is 0.934. The van der Waals surface area contributed by atoms with E-state index >= 15 is 0 Å². The van der Waals surface area contributed by atoms with Crippen molar-refractivity contribution in [3.8, 4) is 0 Å². The van der Waals surface area contributed by atoms with Crippen LogP contribution in [0.15, 0.2) is 12.1 Å². The van der Waals surface area contributed by atoms with Crippen LogP contribution in [0.25, 0.3) is 0 Å². The number of hydrogen-bond donors (Lipinski definition) is 1. The highest BCUT2D eigenvalue weighted by Crippen LogP contribution is 2.44. The molecule has 1 aliphatic carbocycles. The monoisotopic (exact) mass is 299 g/mol. The van der Waals surface area contributed by atoms with Gasteiger partial charge in [0.15, 0.2) is 0 Å². The minimum atomic E-state index is 0.580. The summed E-state index contributed by atoms with van der Waals surface area (Å²) in [7, 11) is 0. The number of rotatable bonds is 5. The van der Waals surface area contributed by atoms with E-state index in [0.717, 1.165) is 22.7 Å². The van der Waals surface area contributed by atoms with Gasteiger partial charge in [-0.1, -0.05) is 45.2 Å². The largest absolute Gasteiger partial charge is 0.314 e. The summed E-state index contributed by atoms with van der Waals surface area (Å²) in [6.07, 6.45) is 5.42. The molecule has 0 aliphatic heterocycles. The van der Waals surface area contributed by atoms with E-state index in [-0.39, 0.29) is 0 Å². The molecule has 2 rings (SSSR count). The van der Waals surface area contributed by atoms with Crippen molar-refractivity contribution in [2.45, 2.75) is 58.4 Å². The summed E-state index contributed by atoms with van der Waals surface area (Å²) in [4.78, 5) is 1.50. The third-order valence-electron chi connectivity index (χ3n) is 4.43. The predicted molar refractivity (Wildman–Crippen MR) is 86.3 cm³/mol. The molecule has 0 spiro atoms. The second-order valence-electron chi connectivity index (χ2n) is 6.16. The van der Waals surface area contributed by atoms with Crippen molar-refractivity contribution in [2.75, 3.05) is 6.54 Å². The summed E-state index contributed by atoms with van der Waals surface area (Å²) in [6, 6.07) is 4.89. The fourth-order valence-electron chi connectivity index (χ4n) is 3.20. The van der Waals surface area contributed by atoms with E-state index in [2.05, 4.69) is 38.2 Å². The smallest absolute Gasteiger partial charge is 0.0931 e. The Morgan fingerprint density at radius 1 is 1.37 bits per heavy atom. The van der Waals surface area contributed by atoms with Crippen LogP contribution in [0.1, 0.15) is 57.2 Å². The zero-order chi connectivity index (χ0) is 13.8. The highest BCUT2D eigenvalue weighted by atomic mass is 35.5. The van der Waals surface area contributed by atoms with Crippen LogP contribution in [0.5, 0.6) is 0 Å². The summed E-state index contributed by atoms with van der Waals surface area (Å²) in [5, 5.41) is 3.63. The van der Waals surface area contributed by atoms with E-state index in [1.54, 1.807) is 11.3 Å². The zero-order valence-corrected chi connectivity index (χ0v) is 13.9. The van der Waals surface area contributed by atoms with Gasteiger partial charge < -0.3 is 5.32 Å². The maximum atomic E-state index is 6.13. The Balaban J connectivity index is 2.07. The van der Waals surface area contributed by atoms with Crippen molar-refractivity contribution in [1.29, 1.82) is 0 Å². The van der Waals surface area contributed by atoms with Crippen LogP contribution in [0.4, 0.5) is 0 Å². The van der Waals surface area contributed by atoms with Crippen LogP contribution in [-0.4, -0.2) is 12.6 Å². The quantitative estimate of drug-likeness (QED) is 0.777. The van der Waals surface area contributed by atoms with Gasteiger partial charge in [-0.2, -0.15) is 0 Å². The molecule has 19 heavy (non-hydrogen) atoms. The minimum Gasteiger partial charge on any atom is -0.314 e. The van der Waals surface area contributed by atoms with Gasteiger partial charge in [0, 0.05) is 10.9 Å². The molecule has 1 aliphatic rings. The molecule has 1 aromatic rings. The van der Waals surface area contributed by atoms with Crippen molar-refractivity contribution >= 4 is 22.9 Å². The van der Waals surface area contributed by atoms with Gasteiger partial charge in [-0.25, -0.2) is 0 Å². The lowest BCUT2D eigenvalue weighted by atomic mass is 9.72. The maximum Gasteiger partial charge on any atom is 0.0931 e. The summed E-state index contributed by atoms with van der Waals surface area (Å²) in [5.74, 6) is 2.39. The Bertz CT molecular complexity index is 388. The number of nitrogens with one attached hydrogen (secondary N) is 1. The topological polar surface area (TPSA) is 12.0 Å². The number of halogens is 1. The van der Waals surface area contributed by atoms with Crippen LogP contribution in [-0.2, 0) is 0 Å². The summed E-state index contributed by atoms with van der Waals surface area (Å²) >= 11 is 7.91. The van der Waals surface area contributed by atoms with Crippen molar-refractivity contribution in [3.05, 3.63) is 21.3 Å². The molecule has 3 atom stereocenters. The third kappa shape index (κ3) is 4.21. The van der Waals surface area contributed by atoms with Gasteiger partial charge in [-0.15, -0.1) is 11.3 Å². The van der Waals surface area contributed by atoms with E-state index in [1.807, 2.05) is 0 Å². The average Bonchev–Trinajstić information content (AvgIpc) is 2.82. The van der Waals surface area contributed by atoms with Crippen LogP contribution >= 0.6 is 22.9 Å². The summed E-state index contributed by atoms with van der Waals surface area (Å²) in [5.41, 5.74) is 0. The first-order valence-corrected chi connectivity index (χ1v) is 8.78. The van der Waals surface area contributed by atoms with E-state index in [0.29, 0.717) is 12.0 Å². The lowest BCUT2D eigenvalue weighted by Gasteiger charge is -2.36. The van der Waals surface area contributed by atoms with E-state index < -0.39 is 0 Å². The molecule has 1 heterocycles. The predicted octanol–water partition coefficient (Wildman–Crippen LogP) is 5.31. The molecule has 0 radical (unpaired) electrons. The second kappa shape index (κ2) is 7.10. The summed E-state index contributed by atoms with van der Waals surface area (Å²) in [6.45, 7) is 7.94. The maximum absolute atomic E-state index is 6.13. The molecule has 3 unspecified atom stereocenters. The SMILES string of the molecule is CCC1CCC(CNC(C)C)C(c2ccc(Cl)s2)C1. The lowest BCUT2D eigenvalue weighted by Crippen LogP contribution is -2.34. The number of thiophene rings is 1. The highest BCUT2D eigenvalue weighted by Gasteiger charge is 2.31. The van der Waals surface area contributed by atoms with Crippen molar-refractivity contribution in [2.24, 2.45) is 11.8 Å². The molecular formula is C16H26ClNS.